The molecule has 7 nitrogen and oxygen atoms in total. The normalized spacial score (nSPS) is 13.3. The van der Waals surface area contributed by atoms with Crippen LogP contribution < -0.4 is 4.72 Å². The van der Waals surface area contributed by atoms with Crippen molar-refractivity contribution in [3.05, 3.63) is 0 Å². The van der Waals surface area contributed by atoms with Crippen LogP contribution in [0.1, 0.15) is 33.6 Å². The van der Waals surface area contributed by atoms with Crippen molar-refractivity contribution >= 4 is 22.0 Å². The van der Waals surface area contributed by atoms with E-state index in [0.717, 1.165) is 0 Å². The van der Waals surface area contributed by atoms with Crippen LogP contribution in [0.4, 0.5) is 0 Å². The first kappa shape index (κ1) is 17.8. The van der Waals surface area contributed by atoms with Crippen molar-refractivity contribution in [1.29, 1.82) is 0 Å². The summed E-state index contributed by atoms with van der Waals surface area (Å²) in [4.78, 5) is 22.0. The van der Waals surface area contributed by atoms with E-state index in [2.05, 4.69) is 9.46 Å². The summed E-state index contributed by atoms with van der Waals surface area (Å²) in [5.41, 5.74) is 0. The van der Waals surface area contributed by atoms with Gasteiger partial charge in [0, 0.05) is 0 Å². The Balaban J connectivity index is 4.47. The molecule has 0 aliphatic carbocycles. The number of esters is 1. The van der Waals surface area contributed by atoms with Crippen molar-refractivity contribution in [2.45, 2.75) is 39.7 Å². The molecule has 1 atom stereocenters. The van der Waals surface area contributed by atoms with Gasteiger partial charge in [0.05, 0.1) is 18.8 Å². The number of aliphatic carboxylic acids is 1. The highest BCUT2D eigenvalue weighted by Crippen LogP contribution is 2.07. The first-order valence-electron chi connectivity index (χ1n) is 6.06. The zero-order valence-electron chi connectivity index (χ0n) is 11.4. The SMILES string of the molecule is CCOC(=O)CCS(=O)(=O)N[C@@H](CC(C)C)C(=O)O. The molecular formula is C11H21NO6S. The van der Waals surface area contributed by atoms with Gasteiger partial charge in [-0.15, -0.1) is 0 Å². The van der Waals surface area contributed by atoms with E-state index >= 15 is 0 Å². The lowest BCUT2D eigenvalue weighted by molar-refractivity contribution is -0.142. The molecule has 8 heteroatoms. The number of carbonyl (C=O) groups excluding carboxylic acids is 1. The Bertz CT molecular complexity index is 403. The summed E-state index contributed by atoms with van der Waals surface area (Å²) in [5, 5.41) is 8.93. The number of hydrogen-bond acceptors (Lipinski definition) is 5. The topological polar surface area (TPSA) is 110 Å². The summed E-state index contributed by atoms with van der Waals surface area (Å²) >= 11 is 0. The molecule has 0 aromatic carbocycles. The molecule has 0 saturated heterocycles. The minimum Gasteiger partial charge on any atom is -0.480 e. The minimum atomic E-state index is -3.82. The Morgan fingerprint density at radius 2 is 1.89 bits per heavy atom. The highest BCUT2D eigenvalue weighted by atomic mass is 32.2. The zero-order chi connectivity index (χ0) is 15.1. The fourth-order valence-corrected chi connectivity index (χ4v) is 2.58. The quantitative estimate of drug-likeness (QED) is 0.594. The number of carboxylic acid groups (broad SMARTS) is 1. The molecule has 19 heavy (non-hydrogen) atoms. The molecule has 0 spiro atoms. The van der Waals surface area contributed by atoms with Crippen molar-refractivity contribution in [2.24, 2.45) is 5.92 Å². The molecule has 0 aliphatic heterocycles. The molecule has 0 aliphatic rings. The molecule has 112 valence electrons. The monoisotopic (exact) mass is 295 g/mol. The van der Waals surface area contributed by atoms with E-state index in [9.17, 15) is 18.0 Å². The second-order valence-electron chi connectivity index (χ2n) is 4.51. The van der Waals surface area contributed by atoms with Crippen molar-refractivity contribution in [1.82, 2.24) is 4.72 Å². The van der Waals surface area contributed by atoms with Crippen LogP contribution in [0.15, 0.2) is 0 Å². The summed E-state index contributed by atoms with van der Waals surface area (Å²) in [6.45, 7) is 5.39. The highest BCUT2D eigenvalue weighted by molar-refractivity contribution is 7.89. The third-order valence-corrected chi connectivity index (χ3v) is 3.59. The fourth-order valence-electron chi connectivity index (χ4n) is 1.40. The molecular weight excluding hydrogens is 274 g/mol. The molecule has 2 N–H and O–H groups in total. The van der Waals surface area contributed by atoms with Crippen LogP contribution >= 0.6 is 0 Å². The Morgan fingerprint density at radius 3 is 2.32 bits per heavy atom. The van der Waals surface area contributed by atoms with Crippen LogP contribution in [0.5, 0.6) is 0 Å². The third-order valence-electron chi connectivity index (χ3n) is 2.21. The minimum absolute atomic E-state index is 0.0360. The fraction of sp³-hybridized carbons (Fsp3) is 0.818. The molecule has 0 radical (unpaired) electrons. The van der Waals surface area contributed by atoms with Crippen molar-refractivity contribution < 1.29 is 27.9 Å². The van der Waals surface area contributed by atoms with Crippen LogP contribution in [-0.4, -0.2) is 43.9 Å². The standard InChI is InChI=1S/C11H21NO6S/c1-4-18-10(13)5-6-19(16,17)12-9(11(14)15)7-8(2)3/h8-9,12H,4-7H2,1-3H3,(H,14,15)/t9-/m0/s1. The maximum absolute atomic E-state index is 11.7. The van der Waals surface area contributed by atoms with Crippen LogP contribution in [0.3, 0.4) is 0 Å². The Morgan fingerprint density at radius 1 is 1.32 bits per heavy atom. The summed E-state index contributed by atoms with van der Waals surface area (Å²) in [6.07, 6.45) is -0.106. The summed E-state index contributed by atoms with van der Waals surface area (Å²) < 4.78 is 30.0. The van der Waals surface area contributed by atoms with E-state index in [-0.39, 0.29) is 25.4 Å². The van der Waals surface area contributed by atoms with Gasteiger partial charge in [0.25, 0.3) is 0 Å². The number of ether oxygens (including phenoxy) is 1. The van der Waals surface area contributed by atoms with Crippen molar-refractivity contribution in [2.75, 3.05) is 12.4 Å². The lowest BCUT2D eigenvalue weighted by atomic mass is 10.1. The van der Waals surface area contributed by atoms with E-state index < -0.39 is 33.8 Å². The van der Waals surface area contributed by atoms with Gasteiger partial charge in [0.1, 0.15) is 6.04 Å². The predicted octanol–water partition coefficient (Wildman–Crippen LogP) is 0.358. The lowest BCUT2D eigenvalue weighted by Crippen LogP contribution is -2.42. The molecule has 0 aromatic heterocycles. The summed E-state index contributed by atoms with van der Waals surface area (Å²) in [7, 11) is -3.82. The second-order valence-corrected chi connectivity index (χ2v) is 6.39. The predicted molar refractivity (Wildman–Crippen MR) is 69.1 cm³/mol. The Kier molecular flexibility index (Phi) is 7.62. The number of carboxylic acids is 1. The van der Waals surface area contributed by atoms with Crippen LogP contribution in [0.2, 0.25) is 0 Å². The van der Waals surface area contributed by atoms with Gasteiger partial charge in [-0.25, -0.2) is 13.1 Å². The van der Waals surface area contributed by atoms with Crippen LogP contribution in [-0.2, 0) is 24.3 Å². The third kappa shape index (κ3) is 8.55. The molecule has 0 bridgehead atoms. The van der Waals surface area contributed by atoms with Crippen LogP contribution in [0, 0.1) is 5.92 Å². The number of hydrogen-bond donors (Lipinski definition) is 2. The van der Waals surface area contributed by atoms with E-state index in [1.54, 1.807) is 20.8 Å². The maximum atomic E-state index is 11.7. The van der Waals surface area contributed by atoms with Gasteiger partial charge < -0.3 is 9.84 Å². The van der Waals surface area contributed by atoms with Gasteiger partial charge in [-0.05, 0) is 19.3 Å². The molecule has 0 saturated carbocycles. The molecule has 0 heterocycles. The molecule has 0 rings (SSSR count). The maximum Gasteiger partial charge on any atom is 0.321 e. The number of rotatable bonds is 9. The van der Waals surface area contributed by atoms with Gasteiger partial charge in [-0.2, -0.15) is 0 Å². The molecule has 0 aromatic rings. The van der Waals surface area contributed by atoms with E-state index in [0.29, 0.717) is 0 Å². The van der Waals surface area contributed by atoms with E-state index in [4.69, 9.17) is 5.11 Å². The van der Waals surface area contributed by atoms with E-state index in [1.807, 2.05) is 0 Å². The first-order chi connectivity index (χ1) is 8.68. The van der Waals surface area contributed by atoms with Crippen molar-refractivity contribution in [3.63, 3.8) is 0 Å². The summed E-state index contributed by atoms with van der Waals surface area (Å²) in [6, 6.07) is -1.17. The number of nitrogens with one attached hydrogen (secondary N) is 1. The second kappa shape index (κ2) is 8.11. The summed E-state index contributed by atoms with van der Waals surface area (Å²) in [5.74, 6) is -2.29. The molecule has 0 fully saturated rings. The van der Waals surface area contributed by atoms with Crippen molar-refractivity contribution in [3.8, 4) is 0 Å². The Labute approximate surface area is 113 Å². The average molecular weight is 295 g/mol. The molecule has 0 amide bonds. The lowest BCUT2D eigenvalue weighted by Gasteiger charge is -2.16. The smallest absolute Gasteiger partial charge is 0.321 e. The van der Waals surface area contributed by atoms with Gasteiger partial charge in [0.15, 0.2) is 0 Å². The van der Waals surface area contributed by atoms with Crippen LogP contribution in [0.25, 0.3) is 0 Å². The van der Waals surface area contributed by atoms with E-state index in [1.165, 1.54) is 0 Å². The molecule has 0 unspecified atom stereocenters. The zero-order valence-corrected chi connectivity index (χ0v) is 12.2. The van der Waals surface area contributed by atoms with Gasteiger partial charge >= 0.3 is 11.9 Å². The number of carbonyl (C=O) groups is 2. The first-order valence-corrected chi connectivity index (χ1v) is 7.71. The average Bonchev–Trinajstić information content (AvgIpc) is 2.25. The van der Waals surface area contributed by atoms with Gasteiger partial charge in [-0.1, -0.05) is 13.8 Å². The Hall–Kier alpha value is -1.15. The van der Waals surface area contributed by atoms with Gasteiger partial charge in [-0.3, -0.25) is 9.59 Å². The number of sulfonamides is 1. The van der Waals surface area contributed by atoms with Gasteiger partial charge in [0.2, 0.25) is 10.0 Å². The largest absolute Gasteiger partial charge is 0.480 e. The highest BCUT2D eigenvalue weighted by Gasteiger charge is 2.25.